The van der Waals surface area contributed by atoms with Crippen LogP contribution in [0.2, 0.25) is 0 Å². The van der Waals surface area contributed by atoms with Crippen LogP contribution in [0.3, 0.4) is 0 Å². The third kappa shape index (κ3) is 4.87. The highest BCUT2D eigenvalue weighted by molar-refractivity contribution is 6.36. The molecule has 3 aromatic rings. The predicted octanol–water partition coefficient (Wildman–Crippen LogP) is 4.27. The van der Waals surface area contributed by atoms with Gasteiger partial charge < -0.3 is 14.8 Å². The SMILES string of the molecule is CCCOc1ccc(C2=C(Nc3cccc(OC)c3)C(=O)N(Cc3ccncc3)C2=O)cc1. The van der Waals surface area contributed by atoms with Gasteiger partial charge >= 0.3 is 0 Å². The second kappa shape index (κ2) is 9.99. The van der Waals surface area contributed by atoms with E-state index in [0.717, 1.165) is 12.0 Å². The molecule has 0 aliphatic carbocycles. The summed E-state index contributed by atoms with van der Waals surface area (Å²) in [7, 11) is 1.58. The molecule has 0 fully saturated rings. The minimum absolute atomic E-state index is 0.157. The molecule has 0 radical (unpaired) electrons. The molecule has 0 atom stereocenters. The molecule has 1 aromatic heterocycles. The van der Waals surface area contributed by atoms with Crippen LogP contribution in [-0.2, 0) is 16.1 Å². The molecule has 0 spiro atoms. The fourth-order valence-electron chi connectivity index (χ4n) is 3.56. The maximum absolute atomic E-state index is 13.4. The first kappa shape index (κ1) is 22.1. The minimum atomic E-state index is -0.388. The Kier molecular flexibility index (Phi) is 6.69. The number of benzene rings is 2. The number of ether oxygens (including phenoxy) is 2. The smallest absolute Gasteiger partial charge is 0.278 e. The van der Waals surface area contributed by atoms with Crippen molar-refractivity contribution < 1.29 is 19.1 Å². The molecule has 168 valence electrons. The maximum Gasteiger partial charge on any atom is 0.278 e. The van der Waals surface area contributed by atoms with Crippen molar-refractivity contribution in [3.8, 4) is 11.5 Å². The fraction of sp³-hybridized carbons (Fsp3) is 0.192. The molecule has 2 amide bonds. The lowest BCUT2D eigenvalue weighted by Gasteiger charge is -2.15. The van der Waals surface area contributed by atoms with E-state index in [0.29, 0.717) is 34.9 Å². The molecule has 4 rings (SSSR count). The van der Waals surface area contributed by atoms with Crippen molar-refractivity contribution in [3.05, 3.63) is 89.9 Å². The van der Waals surface area contributed by atoms with Crippen molar-refractivity contribution in [2.45, 2.75) is 19.9 Å². The summed E-state index contributed by atoms with van der Waals surface area (Å²) < 4.78 is 10.9. The van der Waals surface area contributed by atoms with Gasteiger partial charge in [0.15, 0.2) is 0 Å². The van der Waals surface area contributed by atoms with Crippen LogP contribution in [0.5, 0.6) is 11.5 Å². The Morgan fingerprint density at radius 3 is 2.39 bits per heavy atom. The number of rotatable bonds is 9. The lowest BCUT2D eigenvalue weighted by atomic mass is 10.0. The van der Waals surface area contributed by atoms with Gasteiger partial charge in [0.1, 0.15) is 17.2 Å². The van der Waals surface area contributed by atoms with Crippen LogP contribution in [0.15, 0.2) is 78.8 Å². The van der Waals surface area contributed by atoms with Gasteiger partial charge in [0.05, 0.1) is 25.8 Å². The average molecular weight is 444 g/mol. The van der Waals surface area contributed by atoms with E-state index in [2.05, 4.69) is 10.3 Å². The molecule has 7 heteroatoms. The minimum Gasteiger partial charge on any atom is -0.497 e. The van der Waals surface area contributed by atoms with Gasteiger partial charge in [0, 0.05) is 24.1 Å². The number of hydrogen-bond donors (Lipinski definition) is 1. The van der Waals surface area contributed by atoms with E-state index in [1.54, 1.807) is 49.8 Å². The van der Waals surface area contributed by atoms with E-state index >= 15 is 0 Å². The van der Waals surface area contributed by atoms with Crippen LogP contribution >= 0.6 is 0 Å². The van der Waals surface area contributed by atoms with E-state index in [9.17, 15) is 9.59 Å². The molecular formula is C26H25N3O4. The van der Waals surface area contributed by atoms with Crippen LogP contribution in [0.1, 0.15) is 24.5 Å². The highest BCUT2D eigenvalue weighted by Crippen LogP contribution is 2.33. The average Bonchev–Trinajstić information content (AvgIpc) is 3.08. The summed E-state index contributed by atoms with van der Waals surface area (Å²) in [6, 6.07) is 18.0. The molecule has 1 aliphatic heterocycles. The molecule has 1 N–H and O–H groups in total. The van der Waals surface area contributed by atoms with Gasteiger partial charge in [-0.3, -0.25) is 19.5 Å². The number of carbonyl (C=O) groups is 2. The molecule has 2 aromatic carbocycles. The highest BCUT2D eigenvalue weighted by Gasteiger charge is 2.39. The number of amides is 2. The van der Waals surface area contributed by atoms with E-state index in [1.165, 1.54) is 4.90 Å². The zero-order chi connectivity index (χ0) is 23.2. The summed E-state index contributed by atoms with van der Waals surface area (Å²) in [4.78, 5) is 32.1. The summed E-state index contributed by atoms with van der Waals surface area (Å²) in [6.45, 7) is 2.81. The predicted molar refractivity (Wildman–Crippen MR) is 126 cm³/mol. The van der Waals surface area contributed by atoms with Crippen LogP contribution in [0.4, 0.5) is 5.69 Å². The number of nitrogens with one attached hydrogen (secondary N) is 1. The first-order valence-electron chi connectivity index (χ1n) is 10.7. The van der Waals surface area contributed by atoms with Gasteiger partial charge in [-0.15, -0.1) is 0 Å². The van der Waals surface area contributed by atoms with Gasteiger partial charge in [-0.05, 0) is 53.9 Å². The maximum atomic E-state index is 13.4. The second-order valence-electron chi connectivity index (χ2n) is 7.53. The number of aromatic nitrogens is 1. The molecule has 1 aliphatic rings. The zero-order valence-corrected chi connectivity index (χ0v) is 18.6. The van der Waals surface area contributed by atoms with Crippen molar-refractivity contribution >= 4 is 23.1 Å². The molecule has 7 nitrogen and oxygen atoms in total. The molecule has 0 bridgehead atoms. The number of methoxy groups -OCH3 is 1. The number of hydrogen-bond acceptors (Lipinski definition) is 6. The summed E-state index contributed by atoms with van der Waals surface area (Å²) in [5, 5.41) is 3.15. The molecule has 2 heterocycles. The summed E-state index contributed by atoms with van der Waals surface area (Å²) in [5.74, 6) is 0.615. The quantitative estimate of drug-likeness (QED) is 0.498. The summed E-state index contributed by atoms with van der Waals surface area (Å²) in [6.07, 6.45) is 4.18. The van der Waals surface area contributed by atoms with Crippen molar-refractivity contribution in [2.75, 3.05) is 19.0 Å². The Bertz CT molecular complexity index is 1170. The van der Waals surface area contributed by atoms with Crippen molar-refractivity contribution in [1.29, 1.82) is 0 Å². The van der Waals surface area contributed by atoms with Crippen LogP contribution in [-0.4, -0.2) is 35.4 Å². The number of anilines is 1. The first-order chi connectivity index (χ1) is 16.1. The van der Waals surface area contributed by atoms with Gasteiger partial charge in [0.25, 0.3) is 11.8 Å². The second-order valence-corrected chi connectivity index (χ2v) is 7.53. The topological polar surface area (TPSA) is 80.8 Å². The highest BCUT2D eigenvalue weighted by atomic mass is 16.5. The van der Waals surface area contributed by atoms with Crippen molar-refractivity contribution in [1.82, 2.24) is 9.88 Å². The Hall–Kier alpha value is -4.13. The normalized spacial score (nSPS) is 13.5. The van der Waals surface area contributed by atoms with Crippen LogP contribution < -0.4 is 14.8 Å². The number of carbonyl (C=O) groups excluding carboxylic acids is 2. The van der Waals surface area contributed by atoms with E-state index in [-0.39, 0.29) is 24.1 Å². The number of nitrogens with zero attached hydrogens (tertiary/aromatic N) is 2. The fourth-order valence-corrected chi connectivity index (χ4v) is 3.56. The van der Waals surface area contributed by atoms with Gasteiger partial charge in [-0.2, -0.15) is 0 Å². The largest absolute Gasteiger partial charge is 0.497 e. The lowest BCUT2D eigenvalue weighted by Crippen LogP contribution is -2.32. The molecule has 33 heavy (non-hydrogen) atoms. The Morgan fingerprint density at radius 1 is 0.939 bits per heavy atom. The van der Waals surface area contributed by atoms with E-state index in [4.69, 9.17) is 9.47 Å². The van der Waals surface area contributed by atoms with E-state index < -0.39 is 0 Å². The Balaban J connectivity index is 1.70. The third-order valence-electron chi connectivity index (χ3n) is 5.21. The van der Waals surface area contributed by atoms with Crippen molar-refractivity contribution in [2.24, 2.45) is 0 Å². The molecule has 0 unspecified atom stereocenters. The van der Waals surface area contributed by atoms with Crippen LogP contribution in [0, 0.1) is 0 Å². The first-order valence-corrected chi connectivity index (χ1v) is 10.7. The van der Waals surface area contributed by atoms with E-state index in [1.807, 2.05) is 37.3 Å². The molecule has 0 saturated heterocycles. The van der Waals surface area contributed by atoms with Gasteiger partial charge in [-0.25, -0.2) is 0 Å². The zero-order valence-electron chi connectivity index (χ0n) is 18.6. The lowest BCUT2D eigenvalue weighted by molar-refractivity contribution is -0.137. The Morgan fingerprint density at radius 2 is 1.70 bits per heavy atom. The molecule has 0 saturated carbocycles. The number of imide groups is 1. The third-order valence-corrected chi connectivity index (χ3v) is 5.21. The monoisotopic (exact) mass is 443 g/mol. The van der Waals surface area contributed by atoms with Crippen molar-refractivity contribution in [3.63, 3.8) is 0 Å². The molecular weight excluding hydrogens is 418 g/mol. The standard InChI is InChI=1S/C26H25N3O4/c1-3-15-33-21-9-7-19(8-10-21)23-24(28-20-5-4-6-22(16-20)32-2)26(31)29(25(23)30)17-18-11-13-27-14-12-18/h4-14,16,28H,3,15,17H2,1-2H3. The summed E-state index contributed by atoms with van der Waals surface area (Å²) >= 11 is 0. The van der Waals surface area contributed by atoms with Crippen LogP contribution in [0.25, 0.3) is 5.57 Å². The van der Waals surface area contributed by atoms with Gasteiger partial charge in [-0.1, -0.05) is 25.1 Å². The Labute approximate surface area is 192 Å². The summed E-state index contributed by atoms with van der Waals surface area (Å²) in [5.41, 5.74) is 2.65. The number of pyridine rings is 1. The van der Waals surface area contributed by atoms with Gasteiger partial charge in [0.2, 0.25) is 0 Å².